The Labute approximate surface area is 187 Å². The molecule has 0 radical (unpaired) electrons. The van der Waals surface area contributed by atoms with Gasteiger partial charge in [-0.25, -0.2) is 14.4 Å². The average molecular weight is 435 g/mol. The first-order chi connectivity index (χ1) is 15.4. The van der Waals surface area contributed by atoms with E-state index < -0.39 is 11.9 Å². The van der Waals surface area contributed by atoms with Gasteiger partial charge < -0.3 is 14.2 Å². The number of nitriles is 1. The number of ether oxygens (including phenoxy) is 3. The molecule has 7 nitrogen and oxygen atoms in total. The predicted octanol–water partition coefficient (Wildman–Crippen LogP) is 4.61. The highest BCUT2D eigenvalue weighted by atomic mass is 16.5. The van der Waals surface area contributed by atoms with Crippen LogP contribution in [0.1, 0.15) is 58.9 Å². The van der Waals surface area contributed by atoms with E-state index in [4.69, 9.17) is 19.5 Å². The van der Waals surface area contributed by atoms with E-state index in [0.29, 0.717) is 47.6 Å². The molecule has 0 aliphatic rings. The van der Waals surface area contributed by atoms with Crippen molar-refractivity contribution in [3.63, 3.8) is 0 Å². The van der Waals surface area contributed by atoms with Crippen LogP contribution < -0.4 is 4.74 Å². The lowest BCUT2D eigenvalue weighted by Gasteiger charge is -2.07. The lowest BCUT2D eigenvalue weighted by molar-refractivity contribution is -0.139. The summed E-state index contributed by atoms with van der Waals surface area (Å²) in [6.07, 6.45) is 3.17. The van der Waals surface area contributed by atoms with Gasteiger partial charge in [0.2, 0.25) is 0 Å². The maximum absolute atomic E-state index is 12.1. The second kappa shape index (κ2) is 12.7. The summed E-state index contributed by atoms with van der Waals surface area (Å²) in [5.41, 5.74) is 1.51. The molecule has 0 aromatic heterocycles. The molecule has 0 N–H and O–H groups in total. The number of hydrogen-bond acceptors (Lipinski definition) is 7. The molecule has 0 saturated carbocycles. The molecule has 0 amide bonds. The molecule has 32 heavy (non-hydrogen) atoms. The smallest absolute Gasteiger partial charge is 0.343 e. The molecule has 0 bridgehead atoms. The number of benzene rings is 2. The Morgan fingerprint density at radius 1 is 0.812 bits per heavy atom. The van der Waals surface area contributed by atoms with E-state index in [0.717, 1.165) is 19.3 Å². The fraction of sp³-hybridized carbons (Fsp3) is 0.280. The monoisotopic (exact) mass is 435 g/mol. The lowest BCUT2D eigenvalue weighted by Crippen LogP contribution is -2.09. The van der Waals surface area contributed by atoms with Crippen molar-refractivity contribution in [3.05, 3.63) is 77.4 Å². The summed E-state index contributed by atoms with van der Waals surface area (Å²) in [7, 11) is 0. The van der Waals surface area contributed by atoms with E-state index in [1.807, 2.05) is 6.07 Å². The molecular weight excluding hydrogens is 410 g/mol. The van der Waals surface area contributed by atoms with Gasteiger partial charge in [-0.15, -0.1) is 0 Å². The molecule has 0 unspecified atom stereocenters. The fourth-order valence-corrected chi connectivity index (χ4v) is 2.60. The molecule has 7 heteroatoms. The van der Waals surface area contributed by atoms with Crippen molar-refractivity contribution in [2.75, 3.05) is 13.2 Å². The van der Waals surface area contributed by atoms with Crippen molar-refractivity contribution < 1.29 is 28.6 Å². The normalized spacial score (nSPS) is 10.0. The van der Waals surface area contributed by atoms with Gasteiger partial charge in [0, 0.05) is 5.57 Å². The summed E-state index contributed by atoms with van der Waals surface area (Å²) < 4.78 is 15.5. The van der Waals surface area contributed by atoms with Crippen LogP contribution in [-0.4, -0.2) is 31.1 Å². The zero-order valence-corrected chi connectivity index (χ0v) is 18.0. The minimum Gasteiger partial charge on any atom is -0.462 e. The van der Waals surface area contributed by atoms with Crippen LogP contribution in [0.3, 0.4) is 0 Å². The minimum atomic E-state index is -0.556. The van der Waals surface area contributed by atoms with Gasteiger partial charge >= 0.3 is 17.9 Å². The summed E-state index contributed by atoms with van der Waals surface area (Å²) in [6.45, 7) is 5.77. The summed E-state index contributed by atoms with van der Waals surface area (Å²) in [6, 6.07) is 14.2. The number of rotatable bonds is 11. The second-order valence-electron chi connectivity index (χ2n) is 7.07. The highest BCUT2D eigenvalue weighted by molar-refractivity contribution is 5.92. The van der Waals surface area contributed by atoms with Gasteiger partial charge in [0.15, 0.2) is 0 Å². The Kier molecular flexibility index (Phi) is 9.67. The van der Waals surface area contributed by atoms with Crippen LogP contribution in [0.15, 0.2) is 60.7 Å². The summed E-state index contributed by atoms with van der Waals surface area (Å²) in [4.78, 5) is 35.5. The third-order valence-corrected chi connectivity index (χ3v) is 4.40. The van der Waals surface area contributed by atoms with E-state index in [1.165, 1.54) is 48.5 Å². The van der Waals surface area contributed by atoms with Crippen LogP contribution in [0.2, 0.25) is 0 Å². The van der Waals surface area contributed by atoms with E-state index in [1.54, 1.807) is 6.92 Å². The summed E-state index contributed by atoms with van der Waals surface area (Å²) >= 11 is 0. The van der Waals surface area contributed by atoms with Crippen LogP contribution in [-0.2, 0) is 14.3 Å². The number of hydrogen-bond donors (Lipinski definition) is 0. The number of esters is 3. The molecule has 0 fully saturated rings. The number of nitrogens with zero attached hydrogens (tertiary/aromatic N) is 1. The minimum absolute atomic E-state index is 0.291. The van der Waals surface area contributed by atoms with E-state index in [9.17, 15) is 14.4 Å². The third-order valence-electron chi connectivity index (χ3n) is 4.40. The molecule has 0 aliphatic heterocycles. The first-order valence-corrected chi connectivity index (χ1v) is 10.2. The van der Waals surface area contributed by atoms with Gasteiger partial charge in [0.1, 0.15) is 5.75 Å². The van der Waals surface area contributed by atoms with Crippen LogP contribution in [0.25, 0.3) is 0 Å². The molecule has 2 aromatic carbocycles. The maximum Gasteiger partial charge on any atom is 0.343 e. The van der Waals surface area contributed by atoms with Crippen LogP contribution in [0.5, 0.6) is 5.75 Å². The maximum atomic E-state index is 12.1. The second-order valence-corrected chi connectivity index (χ2v) is 7.07. The van der Waals surface area contributed by atoms with Crippen molar-refractivity contribution in [1.82, 2.24) is 0 Å². The Bertz CT molecular complexity index is 987. The van der Waals surface area contributed by atoms with Crippen molar-refractivity contribution in [2.24, 2.45) is 0 Å². The van der Waals surface area contributed by atoms with Gasteiger partial charge in [-0.3, -0.25) is 0 Å². The van der Waals surface area contributed by atoms with E-state index in [-0.39, 0.29) is 5.97 Å². The lowest BCUT2D eigenvalue weighted by atomic mass is 10.1. The van der Waals surface area contributed by atoms with Gasteiger partial charge in [0.05, 0.1) is 36.0 Å². The topological polar surface area (TPSA) is 103 Å². The quantitative estimate of drug-likeness (QED) is 0.220. The zero-order valence-electron chi connectivity index (χ0n) is 18.0. The third kappa shape index (κ3) is 8.07. The van der Waals surface area contributed by atoms with Gasteiger partial charge in [0.25, 0.3) is 0 Å². The molecule has 0 spiro atoms. The van der Waals surface area contributed by atoms with Gasteiger partial charge in [-0.1, -0.05) is 6.58 Å². The molecule has 2 aromatic rings. The van der Waals surface area contributed by atoms with Crippen molar-refractivity contribution >= 4 is 17.9 Å². The fourth-order valence-electron chi connectivity index (χ4n) is 2.60. The molecule has 0 heterocycles. The van der Waals surface area contributed by atoms with Crippen molar-refractivity contribution in [3.8, 4) is 11.8 Å². The first kappa shape index (κ1) is 24.4. The molecule has 0 atom stereocenters. The van der Waals surface area contributed by atoms with Crippen LogP contribution >= 0.6 is 0 Å². The van der Waals surface area contributed by atoms with Crippen molar-refractivity contribution in [1.29, 1.82) is 5.26 Å². The molecular formula is C25H25NO6. The number of unbranched alkanes of at least 4 members (excludes halogenated alkanes) is 3. The van der Waals surface area contributed by atoms with Crippen LogP contribution in [0.4, 0.5) is 0 Å². The standard InChI is InChI=1S/C25H25NO6/c1-18(2)23(27)30-15-5-3-4-6-16-31-24(28)20-11-13-22(14-12-20)32-25(29)21-9-7-19(17-26)8-10-21/h7-14H,1,3-6,15-16H2,2H3. The van der Waals surface area contributed by atoms with E-state index >= 15 is 0 Å². The Morgan fingerprint density at radius 3 is 1.91 bits per heavy atom. The summed E-state index contributed by atoms with van der Waals surface area (Å²) in [5, 5.41) is 8.80. The molecule has 2 rings (SSSR count). The average Bonchev–Trinajstić information content (AvgIpc) is 2.80. The van der Waals surface area contributed by atoms with E-state index in [2.05, 4.69) is 6.58 Å². The van der Waals surface area contributed by atoms with Gasteiger partial charge in [-0.05, 0) is 81.1 Å². The molecule has 166 valence electrons. The SMILES string of the molecule is C=C(C)C(=O)OCCCCCCOC(=O)c1ccc(OC(=O)c2ccc(C#N)cc2)cc1. The molecule has 0 saturated heterocycles. The van der Waals surface area contributed by atoms with Gasteiger partial charge in [-0.2, -0.15) is 5.26 Å². The zero-order chi connectivity index (χ0) is 23.3. The first-order valence-electron chi connectivity index (χ1n) is 10.2. The predicted molar refractivity (Wildman–Crippen MR) is 117 cm³/mol. The Morgan fingerprint density at radius 2 is 1.34 bits per heavy atom. The largest absolute Gasteiger partial charge is 0.462 e. The Hall–Kier alpha value is -3.92. The highest BCUT2D eigenvalue weighted by Gasteiger charge is 2.11. The molecule has 0 aliphatic carbocycles. The van der Waals surface area contributed by atoms with Crippen LogP contribution in [0, 0.1) is 11.3 Å². The van der Waals surface area contributed by atoms with Crippen molar-refractivity contribution in [2.45, 2.75) is 32.6 Å². The Balaban J connectivity index is 1.67. The highest BCUT2D eigenvalue weighted by Crippen LogP contribution is 2.16. The summed E-state index contributed by atoms with van der Waals surface area (Å²) in [5.74, 6) is -1.10. The number of carbonyl (C=O) groups is 3. The number of carbonyl (C=O) groups excluding carboxylic acids is 3.